The van der Waals surface area contributed by atoms with Gasteiger partial charge in [-0.25, -0.2) is 13.6 Å². The Hall–Kier alpha value is -3.93. The molecule has 1 heterocycles. The predicted molar refractivity (Wildman–Crippen MR) is 125 cm³/mol. The van der Waals surface area contributed by atoms with E-state index in [1.54, 1.807) is 0 Å². The molecule has 160 valence electrons. The van der Waals surface area contributed by atoms with Crippen LogP contribution in [0.2, 0.25) is 0 Å². The highest BCUT2D eigenvalue weighted by atomic mass is 32.2. The number of fused-ring (bicyclic) bond motifs is 3. The van der Waals surface area contributed by atoms with E-state index in [9.17, 15) is 18.5 Å². The molecule has 0 spiro atoms. The van der Waals surface area contributed by atoms with Crippen LogP contribution in [0.15, 0.2) is 77.2 Å². The zero-order valence-electron chi connectivity index (χ0n) is 17.2. The predicted octanol–water partition coefficient (Wildman–Crippen LogP) is 4.01. The van der Waals surface area contributed by atoms with E-state index >= 15 is 0 Å². The zero-order chi connectivity index (χ0) is 22.9. The van der Waals surface area contributed by atoms with E-state index in [1.165, 1.54) is 30.3 Å². The van der Waals surface area contributed by atoms with Crippen molar-refractivity contribution < 1.29 is 13.2 Å². The summed E-state index contributed by atoms with van der Waals surface area (Å²) in [5, 5.41) is 19.4. The second-order valence-electron chi connectivity index (χ2n) is 7.23. The van der Waals surface area contributed by atoms with Crippen molar-refractivity contribution in [1.29, 1.82) is 5.26 Å². The maximum Gasteiger partial charge on any atom is 0.266 e. The molecule has 4 aromatic rings. The van der Waals surface area contributed by atoms with E-state index in [-0.39, 0.29) is 10.5 Å². The Labute approximate surface area is 185 Å². The molecule has 0 aliphatic heterocycles. The van der Waals surface area contributed by atoms with Crippen LogP contribution in [0.4, 0.5) is 5.69 Å². The fraction of sp³-hybridized carbons (Fsp3) is 0.0833. The standard InChI is InChI=1S/C24H20N4O3S/c1-2-28-22-6-4-3-5-20(22)21-14-16(7-12-23(21)28)13-17(15-25)24(29)27-18-8-10-19(11-9-18)32(26,30)31/h3-14H,2H2,1H3,(H,27,29)(H2,26,30,31)/b17-13+. The fourth-order valence-electron chi connectivity index (χ4n) is 3.74. The first-order valence-corrected chi connectivity index (χ1v) is 11.4. The number of rotatable bonds is 5. The normalized spacial score (nSPS) is 12.1. The SMILES string of the molecule is CCn1c2ccccc2c2cc(/C=C(\C#N)C(=O)Nc3ccc(S(N)(=O)=O)cc3)ccc21. The van der Waals surface area contributed by atoms with Crippen LogP contribution in [0, 0.1) is 11.3 Å². The van der Waals surface area contributed by atoms with Gasteiger partial charge in [0.1, 0.15) is 11.6 Å². The average molecular weight is 445 g/mol. The number of hydrogen-bond donors (Lipinski definition) is 2. The van der Waals surface area contributed by atoms with Crippen molar-refractivity contribution in [3.63, 3.8) is 0 Å². The molecule has 0 fully saturated rings. The molecule has 0 saturated heterocycles. The third-order valence-corrected chi connectivity index (χ3v) is 6.16. The number of sulfonamides is 1. The highest BCUT2D eigenvalue weighted by molar-refractivity contribution is 7.89. The topological polar surface area (TPSA) is 118 Å². The lowest BCUT2D eigenvalue weighted by atomic mass is 10.1. The van der Waals surface area contributed by atoms with Gasteiger partial charge in [0.05, 0.1) is 4.90 Å². The molecule has 0 saturated carbocycles. The number of carbonyl (C=O) groups excluding carboxylic acids is 1. The molecule has 1 aromatic heterocycles. The summed E-state index contributed by atoms with van der Waals surface area (Å²) in [6.07, 6.45) is 1.53. The number of anilines is 1. The monoisotopic (exact) mass is 444 g/mol. The van der Waals surface area contributed by atoms with Crippen molar-refractivity contribution in [3.8, 4) is 6.07 Å². The summed E-state index contributed by atoms with van der Waals surface area (Å²) in [6, 6.07) is 21.3. The Morgan fingerprint density at radius 3 is 2.41 bits per heavy atom. The number of aryl methyl sites for hydroxylation is 1. The molecule has 32 heavy (non-hydrogen) atoms. The van der Waals surface area contributed by atoms with Gasteiger partial charge in [-0.1, -0.05) is 24.3 Å². The van der Waals surface area contributed by atoms with Crippen LogP contribution in [0.5, 0.6) is 0 Å². The van der Waals surface area contributed by atoms with E-state index < -0.39 is 15.9 Å². The number of nitrogens with two attached hydrogens (primary N) is 1. The van der Waals surface area contributed by atoms with Gasteiger partial charge >= 0.3 is 0 Å². The van der Waals surface area contributed by atoms with Gasteiger partial charge in [-0.15, -0.1) is 0 Å². The van der Waals surface area contributed by atoms with E-state index in [1.807, 2.05) is 36.4 Å². The van der Waals surface area contributed by atoms with Gasteiger partial charge in [0.15, 0.2) is 0 Å². The number of primary sulfonamides is 1. The van der Waals surface area contributed by atoms with Crippen LogP contribution < -0.4 is 10.5 Å². The number of nitriles is 1. The molecular weight excluding hydrogens is 424 g/mol. The number of carbonyl (C=O) groups is 1. The first-order chi connectivity index (χ1) is 15.3. The van der Waals surface area contributed by atoms with Crippen LogP contribution >= 0.6 is 0 Å². The molecule has 1 amide bonds. The molecule has 3 aromatic carbocycles. The van der Waals surface area contributed by atoms with Gasteiger partial charge in [-0.3, -0.25) is 4.79 Å². The van der Waals surface area contributed by atoms with Crippen LogP contribution in [0.1, 0.15) is 12.5 Å². The first-order valence-electron chi connectivity index (χ1n) is 9.89. The molecule has 0 atom stereocenters. The molecule has 0 radical (unpaired) electrons. The highest BCUT2D eigenvalue weighted by Gasteiger charge is 2.13. The van der Waals surface area contributed by atoms with E-state index in [4.69, 9.17) is 5.14 Å². The van der Waals surface area contributed by atoms with Gasteiger partial charge in [-0.2, -0.15) is 5.26 Å². The molecule has 3 N–H and O–H groups in total. The Morgan fingerprint density at radius 1 is 1.06 bits per heavy atom. The molecule has 7 nitrogen and oxygen atoms in total. The fourth-order valence-corrected chi connectivity index (χ4v) is 4.26. The molecule has 0 bridgehead atoms. The van der Waals surface area contributed by atoms with Crippen LogP contribution in [-0.4, -0.2) is 18.9 Å². The van der Waals surface area contributed by atoms with Gasteiger partial charge in [-0.05, 0) is 61.0 Å². The van der Waals surface area contributed by atoms with Crippen molar-refractivity contribution in [1.82, 2.24) is 4.57 Å². The number of nitrogens with zero attached hydrogens (tertiary/aromatic N) is 2. The van der Waals surface area contributed by atoms with E-state index in [0.717, 1.165) is 33.9 Å². The molecular formula is C24H20N4O3S. The maximum absolute atomic E-state index is 12.6. The minimum Gasteiger partial charge on any atom is -0.341 e. The maximum atomic E-state index is 12.6. The van der Waals surface area contributed by atoms with Crippen LogP contribution in [-0.2, 0) is 21.4 Å². The number of amides is 1. The second kappa shape index (κ2) is 8.30. The number of nitrogens with one attached hydrogen (secondary N) is 1. The summed E-state index contributed by atoms with van der Waals surface area (Å²) < 4.78 is 24.9. The first kappa shape index (κ1) is 21.3. The van der Waals surface area contributed by atoms with Crippen molar-refractivity contribution >= 4 is 49.5 Å². The Morgan fingerprint density at radius 2 is 1.75 bits per heavy atom. The Kier molecular flexibility index (Phi) is 5.53. The third kappa shape index (κ3) is 3.99. The van der Waals surface area contributed by atoms with Crippen molar-refractivity contribution in [2.45, 2.75) is 18.4 Å². The molecule has 0 unspecified atom stereocenters. The highest BCUT2D eigenvalue weighted by Crippen LogP contribution is 2.30. The quantitative estimate of drug-likeness (QED) is 0.357. The largest absolute Gasteiger partial charge is 0.341 e. The van der Waals surface area contributed by atoms with Gasteiger partial charge < -0.3 is 9.88 Å². The minimum atomic E-state index is -3.82. The second-order valence-corrected chi connectivity index (χ2v) is 8.79. The lowest BCUT2D eigenvalue weighted by molar-refractivity contribution is -0.112. The summed E-state index contributed by atoms with van der Waals surface area (Å²) in [7, 11) is -3.82. The summed E-state index contributed by atoms with van der Waals surface area (Å²) in [5.41, 5.74) is 3.23. The summed E-state index contributed by atoms with van der Waals surface area (Å²) >= 11 is 0. The van der Waals surface area contributed by atoms with Crippen molar-refractivity contribution in [3.05, 3.63) is 77.9 Å². The summed E-state index contributed by atoms with van der Waals surface area (Å²) in [6.45, 7) is 2.92. The van der Waals surface area contributed by atoms with E-state index in [0.29, 0.717) is 5.69 Å². The minimum absolute atomic E-state index is 0.0638. The Balaban J connectivity index is 1.66. The van der Waals surface area contributed by atoms with Crippen molar-refractivity contribution in [2.24, 2.45) is 5.14 Å². The Bertz CT molecular complexity index is 1530. The third-order valence-electron chi connectivity index (χ3n) is 5.23. The number of hydrogen-bond acceptors (Lipinski definition) is 4. The molecule has 0 aliphatic rings. The summed E-state index contributed by atoms with van der Waals surface area (Å²) in [5.74, 6) is -0.591. The molecule has 4 rings (SSSR count). The van der Waals surface area contributed by atoms with Crippen LogP contribution in [0.3, 0.4) is 0 Å². The average Bonchev–Trinajstić information content (AvgIpc) is 3.10. The number of aromatic nitrogens is 1. The number of benzene rings is 3. The molecule has 8 heteroatoms. The van der Waals surface area contributed by atoms with E-state index in [2.05, 4.69) is 28.9 Å². The van der Waals surface area contributed by atoms with Gasteiger partial charge in [0, 0.05) is 34.0 Å². The lowest BCUT2D eigenvalue weighted by Gasteiger charge is -2.06. The van der Waals surface area contributed by atoms with Crippen LogP contribution in [0.25, 0.3) is 27.9 Å². The van der Waals surface area contributed by atoms with Crippen molar-refractivity contribution in [2.75, 3.05) is 5.32 Å². The lowest BCUT2D eigenvalue weighted by Crippen LogP contribution is -2.14. The number of para-hydroxylation sites is 1. The smallest absolute Gasteiger partial charge is 0.266 e. The molecule has 0 aliphatic carbocycles. The van der Waals surface area contributed by atoms with Gasteiger partial charge in [0.2, 0.25) is 10.0 Å². The zero-order valence-corrected chi connectivity index (χ0v) is 18.1. The van der Waals surface area contributed by atoms with Gasteiger partial charge in [0.25, 0.3) is 5.91 Å². The summed E-state index contributed by atoms with van der Waals surface area (Å²) in [4.78, 5) is 12.5.